The first-order chi connectivity index (χ1) is 12.3. The van der Waals surface area contributed by atoms with E-state index in [0.29, 0.717) is 12.6 Å². The van der Waals surface area contributed by atoms with Gasteiger partial charge in [-0.2, -0.15) is 10.2 Å². The van der Waals surface area contributed by atoms with Crippen LogP contribution in [0.2, 0.25) is 0 Å². The molecule has 0 aliphatic rings. The van der Waals surface area contributed by atoms with E-state index in [4.69, 9.17) is 4.74 Å². The van der Waals surface area contributed by atoms with Crippen LogP contribution >= 0.6 is 0 Å². The van der Waals surface area contributed by atoms with Gasteiger partial charge in [0.1, 0.15) is 12.4 Å². The number of rotatable bonds is 7. The highest BCUT2D eigenvalue weighted by atomic mass is 16.5. The molecule has 3 rings (SSSR count). The number of hydrogen-bond donors (Lipinski definition) is 1. The molecule has 6 nitrogen and oxygen atoms in total. The molecule has 0 aliphatic heterocycles. The number of hydrogen-bond acceptors (Lipinski definition) is 6. The summed E-state index contributed by atoms with van der Waals surface area (Å²) < 4.78 is 5.43. The van der Waals surface area contributed by atoms with Gasteiger partial charge in [-0.1, -0.05) is 43.0 Å². The maximum absolute atomic E-state index is 5.43. The third-order valence-corrected chi connectivity index (χ3v) is 3.25. The van der Waals surface area contributed by atoms with Crippen molar-refractivity contribution in [2.45, 2.75) is 0 Å². The second-order valence-electron chi connectivity index (χ2n) is 5.07. The number of nitrogens with zero attached hydrogens (tertiary/aromatic N) is 4. The topological polar surface area (TPSA) is 72.3 Å². The molecule has 0 atom stereocenters. The zero-order chi connectivity index (χ0) is 17.3. The number of nitrogens with one attached hydrogen (secondary N) is 1. The Labute approximate surface area is 145 Å². The quantitative estimate of drug-likeness (QED) is 0.407. The van der Waals surface area contributed by atoms with Crippen LogP contribution < -0.4 is 10.2 Å². The fourth-order valence-electron chi connectivity index (χ4n) is 2.07. The van der Waals surface area contributed by atoms with Gasteiger partial charge < -0.3 is 4.74 Å². The first-order valence-corrected chi connectivity index (χ1v) is 7.73. The van der Waals surface area contributed by atoms with Crippen LogP contribution in [0.25, 0.3) is 11.3 Å². The van der Waals surface area contributed by atoms with Gasteiger partial charge in [0, 0.05) is 5.56 Å². The average Bonchev–Trinajstić information content (AvgIpc) is 2.68. The summed E-state index contributed by atoms with van der Waals surface area (Å²) in [6.45, 7) is 4.10. The summed E-state index contributed by atoms with van der Waals surface area (Å²) in [5, 5.41) is 12.0. The van der Waals surface area contributed by atoms with Gasteiger partial charge in [-0.15, -0.1) is 5.10 Å². The second kappa shape index (κ2) is 8.35. The lowest BCUT2D eigenvalue weighted by atomic mass is 10.2. The highest BCUT2D eigenvalue weighted by Crippen LogP contribution is 2.15. The van der Waals surface area contributed by atoms with Gasteiger partial charge in [-0.3, -0.25) is 0 Å². The number of anilines is 1. The third kappa shape index (κ3) is 4.71. The molecule has 2 aromatic carbocycles. The molecule has 0 saturated heterocycles. The normalized spacial score (nSPS) is 10.6. The van der Waals surface area contributed by atoms with Crippen molar-refractivity contribution in [3.8, 4) is 17.0 Å². The van der Waals surface area contributed by atoms with E-state index in [1.807, 2.05) is 54.6 Å². The Morgan fingerprint density at radius 3 is 2.64 bits per heavy atom. The van der Waals surface area contributed by atoms with Crippen LogP contribution in [0.1, 0.15) is 5.56 Å². The maximum atomic E-state index is 5.43. The van der Waals surface area contributed by atoms with Crippen molar-refractivity contribution in [1.82, 2.24) is 15.2 Å². The summed E-state index contributed by atoms with van der Waals surface area (Å²) in [5.74, 6) is 1.12. The molecule has 3 aromatic rings. The zero-order valence-electron chi connectivity index (χ0n) is 13.5. The fourth-order valence-corrected chi connectivity index (χ4v) is 2.07. The van der Waals surface area contributed by atoms with E-state index in [1.54, 1.807) is 18.5 Å². The molecule has 1 N–H and O–H groups in total. The predicted molar refractivity (Wildman–Crippen MR) is 98.6 cm³/mol. The predicted octanol–water partition coefficient (Wildman–Crippen LogP) is 3.55. The van der Waals surface area contributed by atoms with Gasteiger partial charge in [-0.05, 0) is 29.8 Å². The number of hydrazone groups is 1. The van der Waals surface area contributed by atoms with Crippen molar-refractivity contribution >= 4 is 12.2 Å². The minimum absolute atomic E-state index is 0.337. The molecule has 0 bridgehead atoms. The van der Waals surface area contributed by atoms with Crippen molar-refractivity contribution < 1.29 is 4.74 Å². The molecule has 0 spiro atoms. The highest BCUT2D eigenvalue weighted by molar-refractivity contribution is 5.80. The summed E-state index contributed by atoms with van der Waals surface area (Å²) in [4.78, 5) is 4.39. The third-order valence-electron chi connectivity index (χ3n) is 3.25. The molecular weight excluding hydrogens is 314 g/mol. The van der Waals surface area contributed by atoms with E-state index < -0.39 is 0 Å². The van der Waals surface area contributed by atoms with Crippen LogP contribution in [-0.4, -0.2) is 28.0 Å². The zero-order valence-corrected chi connectivity index (χ0v) is 13.5. The molecule has 6 heteroatoms. The Morgan fingerprint density at radius 1 is 1.08 bits per heavy atom. The van der Waals surface area contributed by atoms with Gasteiger partial charge in [0.05, 0.1) is 18.1 Å². The Bertz CT molecular complexity index is 847. The Balaban J connectivity index is 1.63. The van der Waals surface area contributed by atoms with Gasteiger partial charge in [-0.25, -0.2) is 10.4 Å². The van der Waals surface area contributed by atoms with E-state index in [1.165, 1.54) is 0 Å². The summed E-state index contributed by atoms with van der Waals surface area (Å²) >= 11 is 0. The standard InChI is InChI=1S/C19H17N5O/c1-2-12-25-17-10-8-15(9-11-17)13-20-23-19-22-18(14-21-24-19)16-6-4-3-5-7-16/h2-11,13-14H,1,12H2,(H,22,23,24). The Hall–Kier alpha value is -3.54. The van der Waals surface area contributed by atoms with Crippen molar-refractivity contribution in [3.63, 3.8) is 0 Å². The van der Waals surface area contributed by atoms with Crippen molar-refractivity contribution in [1.29, 1.82) is 0 Å². The molecule has 124 valence electrons. The molecular formula is C19H17N5O. The van der Waals surface area contributed by atoms with Crippen LogP contribution in [0.5, 0.6) is 5.75 Å². The average molecular weight is 331 g/mol. The van der Waals surface area contributed by atoms with E-state index >= 15 is 0 Å². The van der Waals surface area contributed by atoms with Crippen LogP contribution in [0.3, 0.4) is 0 Å². The van der Waals surface area contributed by atoms with E-state index in [9.17, 15) is 0 Å². The van der Waals surface area contributed by atoms with Crippen LogP contribution in [-0.2, 0) is 0 Å². The smallest absolute Gasteiger partial charge is 0.263 e. The van der Waals surface area contributed by atoms with E-state index in [2.05, 4.69) is 32.3 Å². The summed E-state index contributed by atoms with van der Waals surface area (Å²) in [6, 6.07) is 17.3. The molecule has 0 radical (unpaired) electrons. The number of ether oxygens (including phenoxy) is 1. The SMILES string of the molecule is C=CCOc1ccc(C=NNc2nncc(-c3ccccc3)n2)cc1. The van der Waals surface area contributed by atoms with E-state index in [0.717, 1.165) is 22.6 Å². The molecule has 0 fully saturated rings. The lowest BCUT2D eigenvalue weighted by Crippen LogP contribution is -2.00. The van der Waals surface area contributed by atoms with Crippen molar-refractivity contribution in [2.24, 2.45) is 5.10 Å². The fraction of sp³-hybridized carbons (Fsp3) is 0.0526. The van der Waals surface area contributed by atoms with Gasteiger partial charge in [0.15, 0.2) is 0 Å². The van der Waals surface area contributed by atoms with Crippen molar-refractivity contribution in [3.05, 3.63) is 79.0 Å². The molecule has 1 heterocycles. The molecule has 0 aliphatic carbocycles. The molecule has 0 saturated carbocycles. The van der Waals surface area contributed by atoms with Gasteiger partial charge in [0.25, 0.3) is 5.95 Å². The largest absolute Gasteiger partial charge is 0.490 e. The van der Waals surface area contributed by atoms with Gasteiger partial charge >= 0.3 is 0 Å². The highest BCUT2D eigenvalue weighted by Gasteiger charge is 2.01. The molecule has 25 heavy (non-hydrogen) atoms. The Morgan fingerprint density at radius 2 is 1.88 bits per heavy atom. The lowest BCUT2D eigenvalue weighted by Gasteiger charge is -2.03. The monoisotopic (exact) mass is 331 g/mol. The molecule has 0 unspecified atom stereocenters. The summed E-state index contributed by atoms with van der Waals surface area (Å²) in [7, 11) is 0. The minimum atomic E-state index is 0.337. The number of benzene rings is 2. The second-order valence-corrected chi connectivity index (χ2v) is 5.07. The summed E-state index contributed by atoms with van der Waals surface area (Å²) in [5.41, 5.74) is 5.42. The van der Waals surface area contributed by atoms with E-state index in [-0.39, 0.29) is 0 Å². The first kappa shape index (κ1) is 16.3. The lowest BCUT2D eigenvalue weighted by molar-refractivity contribution is 0.363. The van der Waals surface area contributed by atoms with Crippen LogP contribution in [0.4, 0.5) is 5.95 Å². The minimum Gasteiger partial charge on any atom is -0.490 e. The number of aromatic nitrogens is 3. The van der Waals surface area contributed by atoms with Crippen LogP contribution in [0, 0.1) is 0 Å². The Kier molecular flexibility index (Phi) is 5.45. The maximum Gasteiger partial charge on any atom is 0.263 e. The van der Waals surface area contributed by atoms with Crippen LogP contribution in [0.15, 0.2) is 78.6 Å². The molecule has 1 aromatic heterocycles. The van der Waals surface area contributed by atoms with Crippen molar-refractivity contribution in [2.75, 3.05) is 12.0 Å². The summed E-state index contributed by atoms with van der Waals surface area (Å²) in [6.07, 6.45) is 5.00. The van der Waals surface area contributed by atoms with Gasteiger partial charge in [0.2, 0.25) is 0 Å². The molecule has 0 amide bonds. The first-order valence-electron chi connectivity index (χ1n) is 7.73.